The van der Waals surface area contributed by atoms with Gasteiger partial charge in [-0.3, -0.25) is 4.79 Å². The minimum Gasteiger partial charge on any atom is -0.393 e. The molecule has 0 aromatic carbocycles. The van der Waals surface area contributed by atoms with E-state index in [1.807, 2.05) is 11.8 Å². The molecule has 0 aromatic heterocycles. The van der Waals surface area contributed by atoms with Gasteiger partial charge in [-0.2, -0.15) is 0 Å². The van der Waals surface area contributed by atoms with Crippen LogP contribution in [0.4, 0.5) is 0 Å². The number of nitrogens with zero attached hydrogens (tertiary/aromatic N) is 1. The van der Waals surface area contributed by atoms with Gasteiger partial charge >= 0.3 is 0 Å². The Bertz CT molecular complexity index is 233. The number of hydrogen-bond donors (Lipinski definition) is 2. The van der Waals surface area contributed by atoms with Crippen LogP contribution in [0.5, 0.6) is 0 Å². The summed E-state index contributed by atoms with van der Waals surface area (Å²) in [4.78, 5) is 13.7. The standard InChI is InChI=1S/C12H24N2O2/c1-9(7-13)3-4-12(16)14-6-5-11(15)10(2)8-14/h9-11,15H,3-8,13H2,1-2H3. The highest BCUT2D eigenvalue weighted by Crippen LogP contribution is 2.18. The Kier molecular flexibility index (Phi) is 5.22. The summed E-state index contributed by atoms with van der Waals surface area (Å²) < 4.78 is 0. The summed E-state index contributed by atoms with van der Waals surface area (Å²) in [6.45, 7) is 6.09. The Morgan fingerprint density at radius 2 is 2.31 bits per heavy atom. The summed E-state index contributed by atoms with van der Waals surface area (Å²) in [5.74, 6) is 0.820. The van der Waals surface area contributed by atoms with Crippen molar-refractivity contribution in [3.8, 4) is 0 Å². The van der Waals surface area contributed by atoms with E-state index in [0.29, 0.717) is 38.4 Å². The van der Waals surface area contributed by atoms with Crippen molar-refractivity contribution in [3.05, 3.63) is 0 Å². The first-order valence-electron chi connectivity index (χ1n) is 6.20. The van der Waals surface area contributed by atoms with Crippen LogP contribution in [0.3, 0.4) is 0 Å². The molecule has 4 heteroatoms. The second-order valence-corrected chi connectivity index (χ2v) is 5.05. The molecule has 1 heterocycles. The molecular formula is C12H24N2O2. The van der Waals surface area contributed by atoms with Gasteiger partial charge in [0.05, 0.1) is 6.10 Å². The van der Waals surface area contributed by atoms with E-state index in [0.717, 1.165) is 6.42 Å². The average Bonchev–Trinajstić information content (AvgIpc) is 2.29. The van der Waals surface area contributed by atoms with Gasteiger partial charge in [0.2, 0.25) is 5.91 Å². The molecular weight excluding hydrogens is 204 g/mol. The van der Waals surface area contributed by atoms with Gasteiger partial charge in [0.1, 0.15) is 0 Å². The van der Waals surface area contributed by atoms with Crippen molar-refractivity contribution in [3.63, 3.8) is 0 Å². The Morgan fingerprint density at radius 1 is 1.62 bits per heavy atom. The van der Waals surface area contributed by atoms with E-state index in [2.05, 4.69) is 6.92 Å². The number of piperidine rings is 1. The minimum atomic E-state index is -0.244. The third-order valence-electron chi connectivity index (χ3n) is 3.47. The largest absolute Gasteiger partial charge is 0.393 e. The predicted octanol–water partition coefficient (Wildman–Crippen LogP) is 0.591. The molecule has 1 saturated heterocycles. The van der Waals surface area contributed by atoms with E-state index in [1.165, 1.54) is 0 Å². The SMILES string of the molecule is CC(CN)CCC(=O)N1CCC(O)C(C)C1. The smallest absolute Gasteiger partial charge is 0.222 e. The van der Waals surface area contributed by atoms with Gasteiger partial charge in [0.25, 0.3) is 0 Å². The quantitative estimate of drug-likeness (QED) is 0.740. The molecule has 0 aromatic rings. The highest BCUT2D eigenvalue weighted by molar-refractivity contribution is 5.76. The summed E-state index contributed by atoms with van der Waals surface area (Å²) in [6.07, 6.45) is 1.91. The van der Waals surface area contributed by atoms with Crippen LogP contribution in [0.25, 0.3) is 0 Å². The topological polar surface area (TPSA) is 66.6 Å². The van der Waals surface area contributed by atoms with E-state index in [-0.39, 0.29) is 17.9 Å². The lowest BCUT2D eigenvalue weighted by Gasteiger charge is -2.34. The molecule has 4 nitrogen and oxygen atoms in total. The second-order valence-electron chi connectivity index (χ2n) is 5.05. The Labute approximate surface area is 97.8 Å². The lowest BCUT2D eigenvalue weighted by Crippen LogP contribution is -2.45. The van der Waals surface area contributed by atoms with Gasteiger partial charge in [0, 0.05) is 19.5 Å². The Balaban J connectivity index is 2.32. The summed E-state index contributed by atoms with van der Waals surface area (Å²) >= 11 is 0. The zero-order chi connectivity index (χ0) is 12.1. The van der Waals surface area contributed by atoms with Crippen LogP contribution in [-0.2, 0) is 4.79 Å². The van der Waals surface area contributed by atoms with E-state index in [4.69, 9.17) is 5.73 Å². The molecule has 0 bridgehead atoms. The van der Waals surface area contributed by atoms with Gasteiger partial charge < -0.3 is 15.7 Å². The molecule has 1 aliphatic heterocycles. The fraction of sp³-hybridized carbons (Fsp3) is 0.917. The molecule has 1 aliphatic rings. The summed E-state index contributed by atoms with van der Waals surface area (Å²) in [6, 6.07) is 0. The lowest BCUT2D eigenvalue weighted by atomic mass is 9.96. The van der Waals surface area contributed by atoms with Crippen LogP contribution < -0.4 is 5.73 Å². The fourth-order valence-corrected chi connectivity index (χ4v) is 2.01. The van der Waals surface area contributed by atoms with Crippen LogP contribution in [0, 0.1) is 11.8 Å². The van der Waals surface area contributed by atoms with Crippen molar-refractivity contribution in [2.24, 2.45) is 17.6 Å². The molecule has 1 fully saturated rings. The van der Waals surface area contributed by atoms with Crippen LogP contribution in [0.2, 0.25) is 0 Å². The van der Waals surface area contributed by atoms with Crippen molar-refractivity contribution in [2.75, 3.05) is 19.6 Å². The van der Waals surface area contributed by atoms with E-state index in [9.17, 15) is 9.90 Å². The van der Waals surface area contributed by atoms with Gasteiger partial charge in [-0.25, -0.2) is 0 Å². The molecule has 0 spiro atoms. The first-order chi connectivity index (χ1) is 7.54. The number of amides is 1. The molecule has 3 N–H and O–H groups in total. The first kappa shape index (κ1) is 13.5. The van der Waals surface area contributed by atoms with Gasteiger partial charge in [-0.15, -0.1) is 0 Å². The van der Waals surface area contributed by atoms with Crippen LogP contribution >= 0.6 is 0 Å². The number of aliphatic hydroxyl groups excluding tert-OH is 1. The zero-order valence-electron chi connectivity index (χ0n) is 10.4. The molecule has 3 atom stereocenters. The Morgan fingerprint density at radius 3 is 2.88 bits per heavy atom. The highest BCUT2D eigenvalue weighted by Gasteiger charge is 2.26. The maximum absolute atomic E-state index is 11.9. The van der Waals surface area contributed by atoms with E-state index < -0.39 is 0 Å². The van der Waals surface area contributed by atoms with Crippen molar-refractivity contribution >= 4 is 5.91 Å². The second kappa shape index (κ2) is 6.21. The molecule has 0 aliphatic carbocycles. The average molecular weight is 228 g/mol. The number of aliphatic hydroxyl groups is 1. The fourth-order valence-electron chi connectivity index (χ4n) is 2.01. The maximum Gasteiger partial charge on any atom is 0.222 e. The van der Waals surface area contributed by atoms with Crippen LogP contribution in [-0.4, -0.2) is 41.7 Å². The highest BCUT2D eigenvalue weighted by atomic mass is 16.3. The zero-order valence-corrected chi connectivity index (χ0v) is 10.4. The van der Waals surface area contributed by atoms with Gasteiger partial charge in [-0.05, 0) is 31.2 Å². The summed E-state index contributed by atoms with van der Waals surface area (Å²) in [5, 5.41) is 9.58. The minimum absolute atomic E-state index is 0.199. The summed E-state index contributed by atoms with van der Waals surface area (Å²) in [5.41, 5.74) is 5.52. The van der Waals surface area contributed by atoms with Crippen LogP contribution in [0.1, 0.15) is 33.1 Å². The van der Waals surface area contributed by atoms with Crippen molar-refractivity contribution < 1.29 is 9.90 Å². The third-order valence-corrected chi connectivity index (χ3v) is 3.47. The number of carbonyl (C=O) groups is 1. The van der Waals surface area contributed by atoms with Crippen molar-refractivity contribution in [2.45, 2.75) is 39.2 Å². The molecule has 0 saturated carbocycles. The number of hydrogen-bond acceptors (Lipinski definition) is 3. The van der Waals surface area contributed by atoms with E-state index >= 15 is 0 Å². The number of likely N-dealkylation sites (tertiary alicyclic amines) is 1. The summed E-state index contributed by atoms with van der Waals surface area (Å²) in [7, 11) is 0. The molecule has 16 heavy (non-hydrogen) atoms. The van der Waals surface area contributed by atoms with E-state index in [1.54, 1.807) is 0 Å². The normalized spacial score (nSPS) is 27.9. The van der Waals surface area contributed by atoms with Crippen LogP contribution in [0.15, 0.2) is 0 Å². The first-order valence-corrected chi connectivity index (χ1v) is 6.20. The van der Waals surface area contributed by atoms with Crippen molar-refractivity contribution in [1.29, 1.82) is 0 Å². The molecule has 3 unspecified atom stereocenters. The lowest BCUT2D eigenvalue weighted by molar-refractivity contribution is -0.135. The third kappa shape index (κ3) is 3.76. The number of rotatable bonds is 4. The molecule has 0 radical (unpaired) electrons. The molecule has 1 rings (SSSR count). The van der Waals surface area contributed by atoms with Gasteiger partial charge in [0.15, 0.2) is 0 Å². The molecule has 94 valence electrons. The van der Waals surface area contributed by atoms with Crippen molar-refractivity contribution in [1.82, 2.24) is 4.90 Å². The Hall–Kier alpha value is -0.610. The monoisotopic (exact) mass is 228 g/mol. The molecule has 1 amide bonds. The number of nitrogens with two attached hydrogens (primary N) is 1. The maximum atomic E-state index is 11.9. The van der Waals surface area contributed by atoms with Gasteiger partial charge in [-0.1, -0.05) is 13.8 Å². The number of carbonyl (C=O) groups excluding carboxylic acids is 1. The predicted molar refractivity (Wildman–Crippen MR) is 63.8 cm³/mol.